The molecule has 0 bridgehead atoms. The highest BCUT2D eigenvalue weighted by atomic mass is 32.2. The van der Waals surface area contributed by atoms with Crippen LogP contribution in [0.1, 0.15) is 40.5 Å². The maximum atomic E-state index is 12.3. The first-order valence-corrected chi connectivity index (χ1v) is 10.8. The van der Waals surface area contributed by atoms with Gasteiger partial charge in [-0.25, -0.2) is 0 Å². The molecule has 2 unspecified atom stereocenters. The van der Waals surface area contributed by atoms with E-state index in [9.17, 15) is 19.3 Å². The van der Waals surface area contributed by atoms with Crippen LogP contribution in [0.25, 0.3) is 0 Å². The maximum Gasteiger partial charge on any atom is 0.153 e. The van der Waals surface area contributed by atoms with Gasteiger partial charge in [-0.1, -0.05) is 27.7 Å². The smallest absolute Gasteiger partial charge is 0.153 e. The zero-order valence-electron chi connectivity index (χ0n) is 15.1. The molecule has 0 aliphatic heterocycles. The third kappa shape index (κ3) is 7.33. The highest BCUT2D eigenvalue weighted by Gasteiger charge is 2.23. The number of rotatable bonds is 10. The minimum atomic E-state index is -1.12. The molecule has 0 fully saturated rings. The summed E-state index contributed by atoms with van der Waals surface area (Å²) in [6.07, 6.45) is 1.36. The van der Waals surface area contributed by atoms with Crippen LogP contribution in [-0.4, -0.2) is 44.0 Å². The minimum Gasteiger partial charge on any atom is -0.611 e. The summed E-state index contributed by atoms with van der Waals surface area (Å²) in [5.74, 6) is 1.00. The standard InChI is InChI=1S/C18H30O4S2/c1-17(2,13-19)9-11-23(21)15-5-7-16(8-6-15)24(22)12-10-18(3,4)14-20/h5-8,19-20H,9-14H2,1-4H3. The molecule has 1 rings (SSSR count). The number of hydrogen-bond donors (Lipinski definition) is 2. The number of aliphatic hydroxyl groups is 2. The van der Waals surface area contributed by atoms with Crippen LogP contribution in [0.2, 0.25) is 0 Å². The highest BCUT2D eigenvalue weighted by molar-refractivity contribution is 7.91. The molecule has 6 heteroatoms. The second-order valence-electron chi connectivity index (χ2n) is 7.72. The molecule has 0 aromatic heterocycles. The molecule has 0 radical (unpaired) electrons. The molecule has 2 atom stereocenters. The third-order valence-electron chi connectivity index (χ3n) is 4.13. The summed E-state index contributed by atoms with van der Waals surface area (Å²) in [5.41, 5.74) is -0.451. The van der Waals surface area contributed by atoms with Gasteiger partial charge < -0.3 is 19.3 Å². The van der Waals surface area contributed by atoms with Crippen LogP contribution in [0.15, 0.2) is 34.1 Å². The lowest BCUT2D eigenvalue weighted by Gasteiger charge is -2.22. The molecule has 0 spiro atoms. The molecule has 0 heterocycles. The Morgan fingerprint density at radius 2 is 1.04 bits per heavy atom. The molecule has 0 aliphatic carbocycles. The lowest BCUT2D eigenvalue weighted by Crippen LogP contribution is -2.22. The van der Waals surface area contributed by atoms with E-state index in [1.54, 1.807) is 24.3 Å². The molecule has 0 saturated heterocycles. The minimum absolute atomic E-state index is 0.0757. The molecule has 138 valence electrons. The van der Waals surface area contributed by atoms with Crippen molar-refractivity contribution >= 4 is 22.4 Å². The molecule has 4 nitrogen and oxygen atoms in total. The van der Waals surface area contributed by atoms with Crippen molar-refractivity contribution in [3.63, 3.8) is 0 Å². The monoisotopic (exact) mass is 374 g/mol. The first-order valence-electron chi connectivity index (χ1n) is 8.19. The van der Waals surface area contributed by atoms with Crippen LogP contribution in [0.3, 0.4) is 0 Å². The van der Waals surface area contributed by atoms with Gasteiger partial charge in [-0.2, -0.15) is 0 Å². The molecule has 1 aromatic rings. The molecule has 24 heavy (non-hydrogen) atoms. The molecule has 1 aromatic carbocycles. The predicted molar refractivity (Wildman–Crippen MR) is 100.0 cm³/mol. The van der Waals surface area contributed by atoms with E-state index in [1.807, 2.05) is 27.7 Å². The Hall–Kier alpha value is -0.240. The van der Waals surface area contributed by atoms with Crippen molar-refractivity contribution in [3.8, 4) is 0 Å². The van der Waals surface area contributed by atoms with Crippen LogP contribution >= 0.6 is 0 Å². The van der Waals surface area contributed by atoms with E-state index < -0.39 is 22.4 Å². The van der Waals surface area contributed by atoms with E-state index in [4.69, 9.17) is 0 Å². The van der Waals surface area contributed by atoms with Crippen molar-refractivity contribution in [2.24, 2.45) is 10.8 Å². The Kier molecular flexibility index (Phi) is 8.59. The van der Waals surface area contributed by atoms with E-state index in [-0.39, 0.29) is 24.0 Å². The van der Waals surface area contributed by atoms with Gasteiger partial charge in [0.05, 0.1) is 0 Å². The second kappa shape index (κ2) is 9.46. The molecule has 2 N–H and O–H groups in total. The molecule has 0 saturated carbocycles. The Bertz CT molecular complexity index is 443. The van der Waals surface area contributed by atoms with Crippen molar-refractivity contribution in [2.75, 3.05) is 24.7 Å². The van der Waals surface area contributed by atoms with Gasteiger partial charge in [0.15, 0.2) is 9.79 Å². The average Bonchev–Trinajstić information content (AvgIpc) is 2.58. The molecule has 0 amide bonds. The van der Waals surface area contributed by atoms with Crippen LogP contribution < -0.4 is 0 Å². The van der Waals surface area contributed by atoms with Crippen molar-refractivity contribution < 1.29 is 19.3 Å². The number of benzene rings is 1. The van der Waals surface area contributed by atoms with E-state index in [2.05, 4.69) is 0 Å². The average molecular weight is 375 g/mol. The Labute approximate surface area is 152 Å². The molecule has 0 aliphatic rings. The quantitative estimate of drug-likeness (QED) is 0.617. The van der Waals surface area contributed by atoms with E-state index in [0.29, 0.717) is 24.3 Å². The van der Waals surface area contributed by atoms with Crippen molar-refractivity contribution in [2.45, 2.75) is 50.3 Å². The van der Waals surface area contributed by atoms with Crippen LogP contribution in [0.5, 0.6) is 0 Å². The SMILES string of the molecule is CC(C)(CO)CC[S+]([O-])c1ccc([S+]([O-])CCC(C)(C)CO)cc1. The fourth-order valence-electron chi connectivity index (χ4n) is 1.88. The van der Waals surface area contributed by atoms with Gasteiger partial charge >= 0.3 is 0 Å². The van der Waals surface area contributed by atoms with Gasteiger partial charge in [0.1, 0.15) is 11.5 Å². The highest BCUT2D eigenvalue weighted by Crippen LogP contribution is 2.25. The summed E-state index contributed by atoms with van der Waals surface area (Å²) >= 11 is -2.23. The van der Waals surface area contributed by atoms with Crippen LogP contribution in [0.4, 0.5) is 0 Å². The first-order chi connectivity index (χ1) is 11.1. The van der Waals surface area contributed by atoms with Gasteiger partial charge in [-0.05, 0) is 70.3 Å². The van der Waals surface area contributed by atoms with Gasteiger partial charge in [0, 0.05) is 13.2 Å². The largest absolute Gasteiger partial charge is 0.611 e. The van der Waals surface area contributed by atoms with Crippen molar-refractivity contribution in [3.05, 3.63) is 24.3 Å². The Morgan fingerprint density at radius 3 is 1.29 bits per heavy atom. The van der Waals surface area contributed by atoms with Gasteiger partial charge in [-0.3, -0.25) is 0 Å². The molecular weight excluding hydrogens is 344 g/mol. The zero-order chi connectivity index (χ0) is 18.4. The Morgan fingerprint density at radius 1 is 0.750 bits per heavy atom. The first kappa shape index (κ1) is 21.8. The van der Waals surface area contributed by atoms with E-state index >= 15 is 0 Å². The lowest BCUT2D eigenvalue weighted by atomic mass is 9.92. The third-order valence-corrected chi connectivity index (χ3v) is 6.88. The van der Waals surface area contributed by atoms with E-state index in [1.165, 1.54) is 0 Å². The van der Waals surface area contributed by atoms with Crippen LogP contribution in [0, 0.1) is 10.8 Å². The van der Waals surface area contributed by atoms with Gasteiger partial charge in [-0.15, -0.1) is 0 Å². The normalized spacial score (nSPS) is 15.3. The summed E-state index contributed by atoms with van der Waals surface area (Å²) in [7, 11) is 0. The fourth-order valence-corrected chi connectivity index (χ4v) is 4.70. The topological polar surface area (TPSA) is 86.6 Å². The maximum absolute atomic E-state index is 12.3. The lowest BCUT2D eigenvalue weighted by molar-refractivity contribution is 0.156. The number of hydrogen-bond acceptors (Lipinski definition) is 4. The second-order valence-corrected chi connectivity index (χ2v) is 10.9. The summed E-state index contributed by atoms with van der Waals surface area (Å²) in [6.45, 7) is 7.95. The van der Waals surface area contributed by atoms with Crippen LogP contribution in [-0.2, 0) is 22.4 Å². The summed E-state index contributed by atoms with van der Waals surface area (Å²) < 4.78 is 24.6. The summed E-state index contributed by atoms with van der Waals surface area (Å²) in [6, 6.07) is 7.08. The van der Waals surface area contributed by atoms with Gasteiger partial charge in [0.2, 0.25) is 0 Å². The predicted octanol–water partition coefficient (Wildman–Crippen LogP) is 2.72. The fraction of sp³-hybridized carbons (Fsp3) is 0.667. The van der Waals surface area contributed by atoms with Crippen molar-refractivity contribution in [1.29, 1.82) is 0 Å². The van der Waals surface area contributed by atoms with E-state index in [0.717, 1.165) is 9.79 Å². The molecular formula is C18H30O4S2. The summed E-state index contributed by atoms with van der Waals surface area (Å²) in [5, 5.41) is 18.5. The van der Waals surface area contributed by atoms with Crippen molar-refractivity contribution in [1.82, 2.24) is 0 Å². The number of aliphatic hydroxyl groups excluding tert-OH is 2. The summed E-state index contributed by atoms with van der Waals surface area (Å²) in [4.78, 5) is 1.44. The zero-order valence-corrected chi connectivity index (χ0v) is 16.7. The van der Waals surface area contributed by atoms with Gasteiger partial charge in [0.25, 0.3) is 0 Å². The Balaban J connectivity index is 2.58.